The van der Waals surface area contributed by atoms with Crippen LogP contribution in [0.1, 0.15) is 13.3 Å². The fourth-order valence-corrected chi connectivity index (χ4v) is 2.73. The number of sulfonamides is 1. The molecule has 0 bridgehead atoms. The van der Waals surface area contributed by atoms with E-state index in [1.54, 1.807) is 0 Å². The van der Waals surface area contributed by atoms with E-state index in [2.05, 4.69) is 4.72 Å². The molecule has 0 amide bonds. The molecule has 1 aromatic rings. The molecule has 0 spiro atoms. The van der Waals surface area contributed by atoms with Gasteiger partial charge in [-0.1, -0.05) is 0 Å². The molecule has 7 heteroatoms. The average molecular weight is 288 g/mol. The topological polar surface area (TPSA) is 90.7 Å². The molecule has 0 radical (unpaired) electrons. The van der Waals surface area contributed by atoms with Crippen LogP contribution < -0.4 is 15.2 Å². The molecule has 0 fully saturated rings. The Hall–Kier alpha value is -1.31. The minimum absolute atomic E-state index is 0.0839. The van der Waals surface area contributed by atoms with E-state index in [4.69, 9.17) is 15.2 Å². The fraction of sp³-hybridized carbons (Fsp3) is 0.500. The minimum atomic E-state index is -3.59. The third kappa shape index (κ3) is 4.70. The summed E-state index contributed by atoms with van der Waals surface area (Å²) in [5.41, 5.74) is 6.04. The van der Waals surface area contributed by atoms with Gasteiger partial charge in [0.1, 0.15) is 10.6 Å². The van der Waals surface area contributed by atoms with Crippen molar-refractivity contribution in [2.24, 2.45) is 0 Å². The first-order chi connectivity index (χ1) is 9.01. The number of anilines is 1. The van der Waals surface area contributed by atoms with Gasteiger partial charge in [-0.05, 0) is 25.5 Å². The smallest absolute Gasteiger partial charge is 0.244 e. The Bertz CT molecular complexity index is 502. The lowest BCUT2D eigenvalue weighted by Crippen LogP contribution is -2.26. The summed E-state index contributed by atoms with van der Waals surface area (Å²) in [6.45, 7) is 3.36. The van der Waals surface area contributed by atoms with Crippen molar-refractivity contribution in [2.75, 3.05) is 32.6 Å². The van der Waals surface area contributed by atoms with Crippen molar-refractivity contribution in [3.05, 3.63) is 18.2 Å². The number of hydrogen-bond donors (Lipinski definition) is 2. The van der Waals surface area contributed by atoms with Crippen LogP contribution in [0.25, 0.3) is 0 Å². The van der Waals surface area contributed by atoms with Crippen LogP contribution in [-0.4, -0.2) is 35.3 Å². The van der Waals surface area contributed by atoms with Gasteiger partial charge in [0.05, 0.1) is 7.11 Å². The number of benzene rings is 1. The lowest BCUT2D eigenvalue weighted by Gasteiger charge is -2.11. The lowest BCUT2D eigenvalue weighted by atomic mass is 10.3. The molecular weight excluding hydrogens is 268 g/mol. The molecule has 1 rings (SSSR count). The summed E-state index contributed by atoms with van der Waals surface area (Å²) in [6, 6.07) is 4.44. The first-order valence-electron chi connectivity index (χ1n) is 6.02. The molecule has 0 aliphatic heterocycles. The summed E-state index contributed by atoms with van der Waals surface area (Å²) < 4.78 is 36.8. The predicted octanol–water partition coefficient (Wildman–Crippen LogP) is 0.982. The van der Waals surface area contributed by atoms with Gasteiger partial charge in [0.25, 0.3) is 0 Å². The summed E-state index contributed by atoms with van der Waals surface area (Å²) in [6.07, 6.45) is 0.615. The number of hydrogen-bond acceptors (Lipinski definition) is 5. The first kappa shape index (κ1) is 15.7. The van der Waals surface area contributed by atoms with Crippen LogP contribution in [0.2, 0.25) is 0 Å². The maximum Gasteiger partial charge on any atom is 0.244 e. The van der Waals surface area contributed by atoms with Crippen molar-refractivity contribution >= 4 is 15.7 Å². The molecule has 0 aliphatic rings. The van der Waals surface area contributed by atoms with Gasteiger partial charge in [-0.25, -0.2) is 13.1 Å². The van der Waals surface area contributed by atoms with Crippen LogP contribution >= 0.6 is 0 Å². The molecule has 1 aromatic carbocycles. The number of methoxy groups -OCH3 is 1. The number of ether oxygens (including phenoxy) is 2. The van der Waals surface area contributed by atoms with Crippen molar-refractivity contribution in [2.45, 2.75) is 18.2 Å². The maximum absolute atomic E-state index is 12.1. The minimum Gasteiger partial charge on any atom is -0.495 e. The molecule has 6 nitrogen and oxygen atoms in total. The molecule has 0 unspecified atom stereocenters. The highest BCUT2D eigenvalue weighted by atomic mass is 32.2. The summed E-state index contributed by atoms with van der Waals surface area (Å²) >= 11 is 0. The monoisotopic (exact) mass is 288 g/mol. The van der Waals surface area contributed by atoms with Gasteiger partial charge in [-0.2, -0.15) is 0 Å². The Morgan fingerprint density at radius 1 is 1.37 bits per heavy atom. The highest BCUT2D eigenvalue weighted by molar-refractivity contribution is 7.89. The van der Waals surface area contributed by atoms with Crippen LogP contribution in [0.15, 0.2) is 23.1 Å². The van der Waals surface area contributed by atoms with Crippen molar-refractivity contribution in [1.29, 1.82) is 0 Å². The van der Waals surface area contributed by atoms with Crippen molar-refractivity contribution < 1.29 is 17.9 Å². The second kappa shape index (κ2) is 7.32. The number of rotatable bonds is 8. The lowest BCUT2D eigenvalue weighted by molar-refractivity contribution is 0.146. The maximum atomic E-state index is 12.1. The Morgan fingerprint density at radius 2 is 2.11 bits per heavy atom. The summed E-state index contributed by atoms with van der Waals surface area (Å²) in [7, 11) is -2.19. The number of nitrogen functional groups attached to an aromatic ring is 1. The molecule has 0 aromatic heterocycles. The van der Waals surface area contributed by atoms with Gasteiger partial charge in [0.15, 0.2) is 0 Å². The zero-order valence-corrected chi connectivity index (χ0v) is 12.0. The molecule has 0 saturated carbocycles. The molecule has 19 heavy (non-hydrogen) atoms. The molecule has 108 valence electrons. The molecular formula is C12H20N2O4S. The summed E-state index contributed by atoms with van der Waals surface area (Å²) in [5.74, 6) is 0.234. The van der Waals surface area contributed by atoms with Crippen LogP contribution in [0, 0.1) is 0 Å². The van der Waals surface area contributed by atoms with Crippen molar-refractivity contribution in [1.82, 2.24) is 4.72 Å². The second-order valence-electron chi connectivity index (χ2n) is 3.86. The zero-order chi connectivity index (χ0) is 14.3. The van der Waals surface area contributed by atoms with E-state index in [1.165, 1.54) is 25.3 Å². The van der Waals surface area contributed by atoms with Crippen LogP contribution in [-0.2, 0) is 14.8 Å². The Morgan fingerprint density at radius 3 is 2.74 bits per heavy atom. The third-order valence-corrected chi connectivity index (χ3v) is 3.94. The van der Waals surface area contributed by atoms with Gasteiger partial charge >= 0.3 is 0 Å². The highest BCUT2D eigenvalue weighted by Crippen LogP contribution is 2.25. The molecule has 0 heterocycles. The van der Waals surface area contributed by atoms with Crippen molar-refractivity contribution in [3.8, 4) is 5.75 Å². The molecule has 3 N–H and O–H groups in total. The van der Waals surface area contributed by atoms with Crippen LogP contribution in [0.5, 0.6) is 5.75 Å². The molecule has 0 atom stereocenters. The quantitative estimate of drug-likeness (QED) is 0.550. The van der Waals surface area contributed by atoms with Gasteiger partial charge < -0.3 is 15.2 Å². The number of nitrogens with one attached hydrogen (secondary N) is 1. The number of nitrogens with two attached hydrogens (primary N) is 1. The van der Waals surface area contributed by atoms with E-state index in [-0.39, 0.29) is 10.6 Å². The SMILES string of the molecule is CCOCCCNS(=O)(=O)c1ccc(N)cc1OC. The predicted molar refractivity (Wildman–Crippen MR) is 73.7 cm³/mol. The Labute approximate surface area is 113 Å². The molecule has 0 aliphatic carbocycles. The average Bonchev–Trinajstić information content (AvgIpc) is 2.38. The van der Waals surface area contributed by atoms with Crippen LogP contribution in [0.3, 0.4) is 0 Å². The van der Waals surface area contributed by atoms with Crippen molar-refractivity contribution in [3.63, 3.8) is 0 Å². The zero-order valence-electron chi connectivity index (χ0n) is 11.2. The molecule has 0 saturated heterocycles. The van der Waals surface area contributed by atoms with E-state index >= 15 is 0 Å². The normalized spacial score (nSPS) is 11.5. The van der Waals surface area contributed by atoms with E-state index in [0.717, 1.165) is 0 Å². The van der Waals surface area contributed by atoms with Crippen LogP contribution in [0.4, 0.5) is 5.69 Å². The van der Waals surface area contributed by atoms with Gasteiger partial charge in [0, 0.05) is 31.5 Å². The van der Waals surface area contributed by atoms with Gasteiger partial charge in [-0.3, -0.25) is 0 Å². The standard InChI is InChI=1S/C12H20N2O4S/c1-3-18-8-4-7-14-19(15,16)12-6-5-10(13)9-11(12)17-2/h5-6,9,14H,3-4,7-8,13H2,1-2H3. The summed E-state index contributed by atoms with van der Waals surface area (Å²) in [5, 5.41) is 0. The second-order valence-corrected chi connectivity index (χ2v) is 5.59. The summed E-state index contributed by atoms with van der Waals surface area (Å²) in [4.78, 5) is 0.0839. The van der Waals surface area contributed by atoms with Gasteiger partial charge in [0.2, 0.25) is 10.0 Å². The van der Waals surface area contributed by atoms with E-state index in [0.29, 0.717) is 31.9 Å². The first-order valence-corrected chi connectivity index (χ1v) is 7.50. The van der Waals surface area contributed by atoms with E-state index < -0.39 is 10.0 Å². The third-order valence-electron chi connectivity index (χ3n) is 2.44. The van der Waals surface area contributed by atoms with E-state index in [1.807, 2.05) is 6.92 Å². The Kier molecular flexibility index (Phi) is 6.07. The van der Waals surface area contributed by atoms with Gasteiger partial charge in [-0.15, -0.1) is 0 Å². The van der Waals surface area contributed by atoms with E-state index in [9.17, 15) is 8.42 Å². The highest BCUT2D eigenvalue weighted by Gasteiger charge is 2.18. The fourth-order valence-electron chi connectivity index (χ4n) is 1.51. The Balaban J connectivity index is 2.72. The largest absolute Gasteiger partial charge is 0.495 e.